The highest BCUT2D eigenvalue weighted by Crippen LogP contribution is 2.28. The molecule has 2 atom stereocenters. The topological polar surface area (TPSA) is 57.6 Å². The Kier molecular flexibility index (Phi) is 4.70. The molecule has 4 nitrogen and oxygen atoms in total. The molecule has 1 N–H and O–H groups in total. The van der Waals surface area contributed by atoms with Gasteiger partial charge in [-0.05, 0) is 52.9 Å². The molecule has 0 bridgehead atoms. The molecule has 1 heterocycles. The van der Waals surface area contributed by atoms with Crippen LogP contribution in [0.25, 0.3) is 0 Å². The monoisotopic (exact) mass is 359 g/mol. The molecule has 1 fully saturated rings. The van der Waals surface area contributed by atoms with Gasteiger partial charge < -0.3 is 10.0 Å². The van der Waals surface area contributed by atoms with E-state index in [4.69, 9.17) is 11.6 Å². The van der Waals surface area contributed by atoms with Gasteiger partial charge in [-0.1, -0.05) is 18.5 Å². The first-order valence-electron chi connectivity index (χ1n) is 6.40. The van der Waals surface area contributed by atoms with E-state index in [1.165, 1.54) is 4.90 Å². The maximum atomic E-state index is 12.6. The van der Waals surface area contributed by atoms with Crippen molar-refractivity contribution in [1.82, 2.24) is 4.90 Å². The summed E-state index contributed by atoms with van der Waals surface area (Å²) in [4.78, 5) is 25.5. The Bertz CT molecular complexity index is 549. The SMILES string of the molecule is CC1CCCN(C(=O)c2cc(Cl)ccc2Br)C1C(=O)O. The lowest BCUT2D eigenvalue weighted by molar-refractivity contribution is -0.145. The number of likely N-dealkylation sites (tertiary alicyclic amines) is 1. The van der Waals surface area contributed by atoms with Gasteiger partial charge in [0, 0.05) is 16.0 Å². The minimum atomic E-state index is -0.955. The van der Waals surface area contributed by atoms with Crippen molar-refractivity contribution >= 4 is 39.4 Å². The molecular weight excluding hydrogens is 346 g/mol. The quantitative estimate of drug-likeness (QED) is 0.879. The van der Waals surface area contributed by atoms with Crippen molar-refractivity contribution in [3.05, 3.63) is 33.3 Å². The first-order valence-corrected chi connectivity index (χ1v) is 7.57. The van der Waals surface area contributed by atoms with Crippen molar-refractivity contribution in [2.45, 2.75) is 25.8 Å². The molecular formula is C14H15BrClNO3. The number of piperidine rings is 1. The van der Waals surface area contributed by atoms with Crippen molar-refractivity contribution in [2.75, 3.05) is 6.54 Å². The number of carbonyl (C=O) groups excluding carboxylic acids is 1. The van der Waals surface area contributed by atoms with Gasteiger partial charge in [-0.25, -0.2) is 4.79 Å². The van der Waals surface area contributed by atoms with Gasteiger partial charge in [0.05, 0.1) is 5.56 Å². The summed E-state index contributed by atoms with van der Waals surface area (Å²) < 4.78 is 0.620. The molecule has 1 aromatic carbocycles. The molecule has 6 heteroatoms. The minimum Gasteiger partial charge on any atom is -0.480 e. The van der Waals surface area contributed by atoms with Crippen LogP contribution in [0.1, 0.15) is 30.1 Å². The number of carbonyl (C=O) groups is 2. The number of nitrogens with zero attached hydrogens (tertiary/aromatic N) is 1. The highest BCUT2D eigenvalue weighted by molar-refractivity contribution is 9.10. The third-order valence-corrected chi connectivity index (χ3v) is 4.53. The van der Waals surface area contributed by atoms with E-state index in [2.05, 4.69) is 15.9 Å². The third kappa shape index (κ3) is 2.99. The van der Waals surface area contributed by atoms with Gasteiger partial charge in [-0.3, -0.25) is 4.79 Å². The fraction of sp³-hybridized carbons (Fsp3) is 0.429. The Morgan fingerprint density at radius 1 is 1.45 bits per heavy atom. The van der Waals surface area contributed by atoms with Crippen LogP contribution in [0.5, 0.6) is 0 Å². The van der Waals surface area contributed by atoms with Crippen LogP contribution >= 0.6 is 27.5 Å². The van der Waals surface area contributed by atoms with Gasteiger partial charge in [0.25, 0.3) is 5.91 Å². The van der Waals surface area contributed by atoms with Gasteiger partial charge in [-0.15, -0.1) is 0 Å². The fourth-order valence-corrected chi connectivity index (χ4v) is 3.20. The van der Waals surface area contributed by atoms with E-state index in [1.54, 1.807) is 18.2 Å². The molecule has 1 aliphatic rings. The molecule has 0 spiro atoms. The number of hydrogen-bond acceptors (Lipinski definition) is 2. The smallest absolute Gasteiger partial charge is 0.326 e. The second-order valence-electron chi connectivity index (χ2n) is 5.03. The van der Waals surface area contributed by atoms with Crippen molar-refractivity contribution in [2.24, 2.45) is 5.92 Å². The Morgan fingerprint density at radius 2 is 2.15 bits per heavy atom. The number of carboxylic acids is 1. The second-order valence-corrected chi connectivity index (χ2v) is 6.32. The van der Waals surface area contributed by atoms with Crippen molar-refractivity contribution in [3.63, 3.8) is 0 Å². The molecule has 0 saturated carbocycles. The Morgan fingerprint density at radius 3 is 2.80 bits per heavy atom. The average Bonchev–Trinajstić information content (AvgIpc) is 2.40. The first-order chi connectivity index (χ1) is 9.41. The van der Waals surface area contributed by atoms with Crippen LogP contribution in [-0.4, -0.2) is 34.5 Å². The number of benzene rings is 1. The number of amides is 1. The summed E-state index contributed by atoms with van der Waals surface area (Å²) in [5, 5.41) is 9.82. The summed E-state index contributed by atoms with van der Waals surface area (Å²) >= 11 is 9.24. The van der Waals surface area contributed by atoms with Gasteiger partial charge in [0.2, 0.25) is 0 Å². The molecule has 1 saturated heterocycles. The van der Waals surface area contributed by atoms with Gasteiger partial charge in [0.1, 0.15) is 6.04 Å². The van der Waals surface area contributed by atoms with E-state index in [-0.39, 0.29) is 11.8 Å². The predicted octanol–water partition coefficient (Wildman–Crippen LogP) is 3.43. The third-order valence-electron chi connectivity index (χ3n) is 3.61. The van der Waals surface area contributed by atoms with Crippen LogP contribution in [0.3, 0.4) is 0 Å². The summed E-state index contributed by atoms with van der Waals surface area (Å²) in [5.74, 6) is -1.30. The Hall–Kier alpha value is -1.07. The first kappa shape index (κ1) is 15.3. The molecule has 1 amide bonds. The number of aliphatic carboxylic acids is 1. The van der Waals surface area contributed by atoms with Gasteiger partial charge in [0.15, 0.2) is 0 Å². The maximum absolute atomic E-state index is 12.6. The van der Waals surface area contributed by atoms with Crippen LogP contribution in [0, 0.1) is 5.92 Å². The lowest BCUT2D eigenvalue weighted by Gasteiger charge is -2.37. The summed E-state index contributed by atoms with van der Waals surface area (Å²) in [6.07, 6.45) is 1.63. The summed E-state index contributed by atoms with van der Waals surface area (Å²) in [5.41, 5.74) is 0.401. The predicted molar refractivity (Wildman–Crippen MR) is 80.0 cm³/mol. The average molecular weight is 361 g/mol. The van der Waals surface area contributed by atoms with Crippen LogP contribution < -0.4 is 0 Å². The zero-order valence-electron chi connectivity index (χ0n) is 11.0. The van der Waals surface area contributed by atoms with Crippen molar-refractivity contribution in [3.8, 4) is 0 Å². The van der Waals surface area contributed by atoms with Gasteiger partial charge >= 0.3 is 5.97 Å². The fourth-order valence-electron chi connectivity index (χ4n) is 2.61. The highest BCUT2D eigenvalue weighted by atomic mass is 79.9. The van der Waals surface area contributed by atoms with Crippen LogP contribution in [0.15, 0.2) is 22.7 Å². The van der Waals surface area contributed by atoms with Crippen LogP contribution in [-0.2, 0) is 4.79 Å². The second kappa shape index (κ2) is 6.14. The summed E-state index contributed by atoms with van der Waals surface area (Å²) in [7, 11) is 0. The molecule has 108 valence electrons. The Labute approximate surface area is 130 Å². The van der Waals surface area contributed by atoms with E-state index in [1.807, 2.05) is 6.92 Å². The molecule has 0 radical (unpaired) electrons. The van der Waals surface area contributed by atoms with Crippen molar-refractivity contribution < 1.29 is 14.7 Å². The van der Waals surface area contributed by atoms with E-state index < -0.39 is 12.0 Å². The summed E-state index contributed by atoms with van der Waals surface area (Å²) in [6.45, 7) is 2.32. The highest BCUT2D eigenvalue weighted by Gasteiger charge is 2.37. The number of halogens is 2. The van der Waals surface area contributed by atoms with Crippen LogP contribution in [0.4, 0.5) is 0 Å². The van der Waals surface area contributed by atoms with E-state index in [0.29, 0.717) is 21.6 Å². The summed E-state index contributed by atoms with van der Waals surface area (Å²) in [6, 6.07) is 4.16. The van der Waals surface area contributed by atoms with E-state index in [9.17, 15) is 14.7 Å². The molecule has 20 heavy (non-hydrogen) atoms. The standard InChI is InChI=1S/C14H15BrClNO3/c1-8-3-2-6-17(12(8)14(19)20)13(18)10-7-9(16)4-5-11(10)15/h4-5,7-8,12H,2-3,6H2,1H3,(H,19,20). The zero-order valence-corrected chi connectivity index (χ0v) is 13.3. The lowest BCUT2D eigenvalue weighted by atomic mass is 9.90. The molecule has 2 rings (SSSR count). The number of rotatable bonds is 2. The van der Waals surface area contributed by atoms with E-state index >= 15 is 0 Å². The number of hydrogen-bond donors (Lipinski definition) is 1. The van der Waals surface area contributed by atoms with Gasteiger partial charge in [-0.2, -0.15) is 0 Å². The molecule has 1 aromatic rings. The Balaban J connectivity index is 2.35. The number of carboxylic acid groups (broad SMARTS) is 1. The molecule has 2 unspecified atom stereocenters. The lowest BCUT2D eigenvalue weighted by Crippen LogP contribution is -2.52. The van der Waals surface area contributed by atoms with Crippen molar-refractivity contribution in [1.29, 1.82) is 0 Å². The molecule has 0 aromatic heterocycles. The normalized spacial score (nSPS) is 22.6. The van der Waals surface area contributed by atoms with Crippen LogP contribution in [0.2, 0.25) is 5.02 Å². The largest absolute Gasteiger partial charge is 0.480 e. The molecule has 1 aliphatic heterocycles. The zero-order chi connectivity index (χ0) is 14.9. The van der Waals surface area contributed by atoms with E-state index in [0.717, 1.165) is 12.8 Å². The maximum Gasteiger partial charge on any atom is 0.326 e. The molecule has 0 aliphatic carbocycles. The minimum absolute atomic E-state index is 0.0526.